The standard InChI is InChI=1S/C59H102O6/c1-4-7-10-13-16-19-22-24-26-28-29-31-33-35-38-40-43-46-49-52-58(61)64-55-56(65-59(62)53-50-47-44-41-36-21-18-15-12-9-6-3)54-63-57(60)51-48-45-42-39-37-34-32-30-27-25-23-20-17-14-11-8-5-2/h8,11,17,20,24-27,32,34,39,42,56H,4-7,9-10,12-16,18-19,21-23,28-31,33,35-38,40-41,43-55H2,1-3H3/b11-8-,20-17-,26-24-,27-25-,34-32-,42-39-/t56-/m1/s1. The molecule has 0 bridgehead atoms. The minimum atomic E-state index is -0.796. The summed E-state index contributed by atoms with van der Waals surface area (Å²) in [5, 5.41) is 0. The highest BCUT2D eigenvalue weighted by Crippen LogP contribution is 2.15. The van der Waals surface area contributed by atoms with Crippen LogP contribution < -0.4 is 0 Å². The van der Waals surface area contributed by atoms with Crippen LogP contribution in [0.25, 0.3) is 0 Å². The van der Waals surface area contributed by atoms with Crippen LogP contribution in [0, 0.1) is 0 Å². The van der Waals surface area contributed by atoms with Crippen molar-refractivity contribution in [3.05, 3.63) is 72.9 Å². The second-order valence-corrected chi connectivity index (χ2v) is 18.1. The van der Waals surface area contributed by atoms with Gasteiger partial charge in [0.25, 0.3) is 0 Å². The van der Waals surface area contributed by atoms with Gasteiger partial charge >= 0.3 is 17.9 Å². The predicted octanol–water partition coefficient (Wildman–Crippen LogP) is 18.2. The van der Waals surface area contributed by atoms with Gasteiger partial charge in [-0.3, -0.25) is 14.4 Å². The monoisotopic (exact) mass is 907 g/mol. The molecule has 0 aliphatic rings. The van der Waals surface area contributed by atoms with Crippen LogP contribution in [-0.4, -0.2) is 37.2 Å². The Balaban J connectivity index is 4.39. The van der Waals surface area contributed by atoms with Crippen LogP contribution in [0.2, 0.25) is 0 Å². The Morgan fingerprint density at radius 2 is 0.615 bits per heavy atom. The average Bonchev–Trinajstić information content (AvgIpc) is 3.30. The van der Waals surface area contributed by atoms with Crippen molar-refractivity contribution in [2.24, 2.45) is 0 Å². The first-order chi connectivity index (χ1) is 32.0. The SMILES string of the molecule is CC/C=C\C/C=C\C/C=C\C/C=C\C/C=C\CCCC(=O)OC[C@H](COC(=O)CCCCCCCCCCC/C=C\CCCCCCCC)OC(=O)CCCCCCCCCCCCC. The maximum atomic E-state index is 12.8. The van der Waals surface area contributed by atoms with Crippen molar-refractivity contribution in [3.8, 4) is 0 Å². The van der Waals surface area contributed by atoms with Gasteiger partial charge in [-0.15, -0.1) is 0 Å². The van der Waals surface area contributed by atoms with Crippen LogP contribution in [0.15, 0.2) is 72.9 Å². The highest BCUT2D eigenvalue weighted by atomic mass is 16.6. The topological polar surface area (TPSA) is 78.9 Å². The number of hydrogen-bond acceptors (Lipinski definition) is 6. The molecule has 0 heterocycles. The van der Waals surface area contributed by atoms with Gasteiger partial charge in [-0.25, -0.2) is 0 Å². The molecule has 65 heavy (non-hydrogen) atoms. The highest BCUT2D eigenvalue weighted by Gasteiger charge is 2.19. The molecule has 0 rings (SSSR count). The fourth-order valence-corrected chi connectivity index (χ4v) is 7.59. The molecule has 6 heteroatoms. The largest absolute Gasteiger partial charge is 0.462 e. The zero-order valence-electron chi connectivity index (χ0n) is 42.7. The summed E-state index contributed by atoms with van der Waals surface area (Å²) in [6.07, 6.45) is 67.5. The van der Waals surface area contributed by atoms with E-state index in [0.717, 1.165) is 77.0 Å². The van der Waals surface area contributed by atoms with Gasteiger partial charge in [0, 0.05) is 19.3 Å². The Morgan fingerprint density at radius 1 is 0.323 bits per heavy atom. The number of carbonyl (C=O) groups excluding carboxylic acids is 3. The van der Waals surface area contributed by atoms with Crippen molar-refractivity contribution >= 4 is 17.9 Å². The summed E-state index contributed by atoms with van der Waals surface area (Å²) in [6.45, 7) is 6.48. The van der Waals surface area contributed by atoms with E-state index in [0.29, 0.717) is 19.3 Å². The van der Waals surface area contributed by atoms with E-state index < -0.39 is 6.10 Å². The van der Waals surface area contributed by atoms with E-state index in [1.165, 1.54) is 141 Å². The van der Waals surface area contributed by atoms with Gasteiger partial charge in [-0.1, -0.05) is 235 Å². The van der Waals surface area contributed by atoms with Gasteiger partial charge < -0.3 is 14.2 Å². The number of ether oxygens (including phenoxy) is 3. The number of esters is 3. The lowest BCUT2D eigenvalue weighted by Gasteiger charge is -2.18. The molecule has 0 fully saturated rings. The van der Waals surface area contributed by atoms with E-state index in [-0.39, 0.29) is 37.5 Å². The zero-order chi connectivity index (χ0) is 47.2. The Labute approximate surface area is 402 Å². The minimum absolute atomic E-state index is 0.0922. The molecule has 0 aromatic rings. The molecule has 0 aromatic carbocycles. The third kappa shape index (κ3) is 51.7. The maximum absolute atomic E-state index is 12.8. The number of unbranched alkanes of at least 4 members (excludes halogenated alkanes) is 26. The minimum Gasteiger partial charge on any atom is -0.462 e. The summed E-state index contributed by atoms with van der Waals surface area (Å²) in [4.78, 5) is 38.0. The van der Waals surface area contributed by atoms with Gasteiger partial charge in [0.1, 0.15) is 13.2 Å². The molecule has 374 valence electrons. The van der Waals surface area contributed by atoms with Crippen LogP contribution in [0.5, 0.6) is 0 Å². The Morgan fingerprint density at radius 3 is 1.02 bits per heavy atom. The molecule has 0 unspecified atom stereocenters. The molecule has 0 amide bonds. The van der Waals surface area contributed by atoms with E-state index >= 15 is 0 Å². The molecule has 0 aliphatic heterocycles. The normalized spacial score (nSPS) is 12.6. The molecule has 0 saturated heterocycles. The first kappa shape index (κ1) is 61.9. The number of carbonyl (C=O) groups is 3. The van der Waals surface area contributed by atoms with Crippen LogP contribution in [0.1, 0.15) is 265 Å². The zero-order valence-corrected chi connectivity index (χ0v) is 42.7. The molecule has 0 N–H and O–H groups in total. The molecule has 1 atom stereocenters. The summed E-state index contributed by atoms with van der Waals surface area (Å²) in [6, 6.07) is 0. The molecule has 0 aliphatic carbocycles. The fourth-order valence-electron chi connectivity index (χ4n) is 7.59. The van der Waals surface area contributed by atoms with Crippen molar-refractivity contribution in [3.63, 3.8) is 0 Å². The molecular formula is C59H102O6. The fraction of sp³-hybridized carbons (Fsp3) is 0.746. The summed E-state index contributed by atoms with van der Waals surface area (Å²) < 4.78 is 16.8. The molecule has 6 nitrogen and oxygen atoms in total. The quantitative estimate of drug-likeness (QED) is 0.0262. The second kappa shape index (κ2) is 53.5. The van der Waals surface area contributed by atoms with Gasteiger partial charge in [0.15, 0.2) is 6.10 Å². The lowest BCUT2D eigenvalue weighted by Crippen LogP contribution is -2.30. The lowest BCUT2D eigenvalue weighted by molar-refractivity contribution is -0.167. The average molecular weight is 907 g/mol. The summed E-state index contributed by atoms with van der Waals surface area (Å²) in [5.41, 5.74) is 0. The summed E-state index contributed by atoms with van der Waals surface area (Å²) in [5.74, 6) is -0.950. The maximum Gasteiger partial charge on any atom is 0.306 e. The van der Waals surface area contributed by atoms with Crippen LogP contribution in [-0.2, 0) is 28.6 Å². The van der Waals surface area contributed by atoms with E-state index in [4.69, 9.17) is 14.2 Å². The second-order valence-electron chi connectivity index (χ2n) is 18.1. The molecule has 0 aromatic heterocycles. The third-order valence-electron chi connectivity index (χ3n) is 11.7. The summed E-state index contributed by atoms with van der Waals surface area (Å²) >= 11 is 0. The molecule has 0 radical (unpaired) electrons. The molecule has 0 spiro atoms. The van der Waals surface area contributed by atoms with Gasteiger partial charge in [-0.05, 0) is 83.5 Å². The smallest absolute Gasteiger partial charge is 0.306 e. The van der Waals surface area contributed by atoms with E-state index in [9.17, 15) is 14.4 Å². The molecule has 0 saturated carbocycles. The Bertz CT molecular complexity index is 1230. The highest BCUT2D eigenvalue weighted by molar-refractivity contribution is 5.71. The van der Waals surface area contributed by atoms with Crippen molar-refractivity contribution in [2.45, 2.75) is 271 Å². The van der Waals surface area contributed by atoms with E-state index in [2.05, 4.69) is 93.7 Å². The number of allylic oxidation sites excluding steroid dienone is 12. The predicted molar refractivity (Wildman–Crippen MR) is 279 cm³/mol. The Hall–Kier alpha value is -3.15. The van der Waals surface area contributed by atoms with Crippen LogP contribution in [0.3, 0.4) is 0 Å². The van der Waals surface area contributed by atoms with E-state index in [1.54, 1.807) is 0 Å². The van der Waals surface area contributed by atoms with Crippen molar-refractivity contribution in [1.82, 2.24) is 0 Å². The summed E-state index contributed by atoms with van der Waals surface area (Å²) in [7, 11) is 0. The lowest BCUT2D eigenvalue weighted by atomic mass is 10.1. The van der Waals surface area contributed by atoms with Crippen molar-refractivity contribution in [2.75, 3.05) is 13.2 Å². The third-order valence-corrected chi connectivity index (χ3v) is 11.7. The Kier molecular flexibility index (Phi) is 50.9. The van der Waals surface area contributed by atoms with Crippen LogP contribution >= 0.6 is 0 Å². The van der Waals surface area contributed by atoms with Crippen molar-refractivity contribution in [1.29, 1.82) is 0 Å². The van der Waals surface area contributed by atoms with E-state index in [1.807, 2.05) is 0 Å². The first-order valence-electron chi connectivity index (χ1n) is 27.4. The molecular weight excluding hydrogens is 805 g/mol. The number of rotatable bonds is 49. The van der Waals surface area contributed by atoms with Gasteiger partial charge in [0.2, 0.25) is 0 Å². The first-order valence-corrected chi connectivity index (χ1v) is 27.4. The number of hydrogen-bond donors (Lipinski definition) is 0. The van der Waals surface area contributed by atoms with Crippen molar-refractivity contribution < 1.29 is 28.6 Å². The van der Waals surface area contributed by atoms with Gasteiger partial charge in [0.05, 0.1) is 0 Å². The van der Waals surface area contributed by atoms with Gasteiger partial charge in [-0.2, -0.15) is 0 Å². The van der Waals surface area contributed by atoms with Crippen LogP contribution in [0.4, 0.5) is 0 Å².